The maximum Gasteiger partial charge on any atom is 0.191 e. The Morgan fingerprint density at radius 1 is 1.27 bits per heavy atom. The van der Waals surface area contributed by atoms with E-state index in [9.17, 15) is 5.11 Å². The van der Waals surface area contributed by atoms with Gasteiger partial charge in [-0.2, -0.15) is 0 Å². The van der Waals surface area contributed by atoms with E-state index in [0.29, 0.717) is 6.54 Å². The number of hydrogen-bond donors (Lipinski definition) is 3. The molecule has 1 saturated carbocycles. The minimum atomic E-state index is 0.0539. The fourth-order valence-electron chi connectivity index (χ4n) is 2.25. The molecule has 1 aliphatic carbocycles. The number of nitrogens with one attached hydrogen (secondary N) is 2. The van der Waals surface area contributed by atoms with Crippen molar-refractivity contribution in [3.05, 3.63) is 29.8 Å². The first-order chi connectivity index (χ1) is 10.7. The summed E-state index contributed by atoms with van der Waals surface area (Å²) in [4.78, 5) is 4.59. The van der Waals surface area contributed by atoms with Crippen molar-refractivity contribution in [3.8, 4) is 5.75 Å². The second-order valence-corrected chi connectivity index (χ2v) is 5.88. The smallest absolute Gasteiger partial charge is 0.191 e. The Labute approximate surface area is 132 Å². The zero-order valence-electron chi connectivity index (χ0n) is 13.6. The van der Waals surface area contributed by atoms with Crippen LogP contribution in [-0.4, -0.2) is 44.4 Å². The van der Waals surface area contributed by atoms with Crippen LogP contribution in [0.4, 0.5) is 0 Å². The van der Waals surface area contributed by atoms with Gasteiger partial charge in [0.1, 0.15) is 5.75 Å². The van der Waals surface area contributed by atoms with Gasteiger partial charge in [0.15, 0.2) is 5.96 Å². The van der Waals surface area contributed by atoms with E-state index in [0.717, 1.165) is 44.1 Å². The van der Waals surface area contributed by atoms with Crippen LogP contribution in [0.1, 0.15) is 25.3 Å². The lowest BCUT2D eigenvalue weighted by Gasteiger charge is -2.13. The summed E-state index contributed by atoms with van der Waals surface area (Å²) in [5, 5.41) is 15.9. The summed E-state index contributed by atoms with van der Waals surface area (Å²) < 4.78 is 5.16. The lowest BCUT2D eigenvalue weighted by molar-refractivity contribution is 0.217. The average Bonchev–Trinajstić information content (AvgIpc) is 3.34. The third kappa shape index (κ3) is 4.91. The molecule has 0 saturated heterocycles. The average molecular weight is 305 g/mol. The fraction of sp³-hybridized carbons (Fsp3) is 0.588. The quantitative estimate of drug-likeness (QED) is 0.504. The standard InChI is InChI=1S/C17H27N3O2/c1-3-18-16(20-12-17(13-21)9-10-17)19-11-8-14-4-6-15(22-2)7-5-14/h4-7,21H,3,8-13H2,1-2H3,(H2,18,19,20). The molecule has 0 amide bonds. The highest BCUT2D eigenvalue weighted by atomic mass is 16.5. The van der Waals surface area contributed by atoms with Gasteiger partial charge in [-0.1, -0.05) is 12.1 Å². The largest absolute Gasteiger partial charge is 0.497 e. The van der Waals surface area contributed by atoms with Crippen LogP contribution in [-0.2, 0) is 6.42 Å². The Hall–Kier alpha value is -1.75. The van der Waals surface area contributed by atoms with E-state index >= 15 is 0 Å². The monoisotopic (exact) mass is 305 g/mol. The number of ether oxygens (including phenoxy) is 1. The number of guanidine groups is 1. The Bertz CT molecular complexity index is 481. The van der Waals surface area contributed by atoms with Crippen molar-refractivity contribution in [2.24, 2.45) is 10.4 Å². The Morgan fingerprint density at radius 2 is 2.00 bits per heavy atom. The van der Waals surface area contributed by atoms with Crippen LogP contribution in [0.2, 0.25) is 0 Å². The van der Waals surface area contributed by atoms with Crippen molar-refractivity contribution in [2.75, 3.05) is 33.4 Å². The minimum absolute atomic E-state index is 0.0539. The van der Waals surface area contributed by atoms with Crippen LogP contribution >= 0.6 is 0 Å². The van der Waals surface area contributed by atoms with Crippen molar-refractivity contribution < 1.29 is 9.84 Å². The molecule has 0 radical (unpaired) electrons. The molecule has 1 fully saturated rings. The number of hydrogen-bond acceptors (Lipinski definition) is 3. The predicted octanol–water partition coefficient (Wildman–Crippen LogP) is 1.57. The van der Waals surface area contributed by atoms with Gasteiger partial charge in [-0.3, -0.25) is 4.99 Å². The summed E-state index contributed by atoms with van der Waals surface area (Å²) in [5.74, 6) is 1.71. The third-order valence-corrected chi connectivity index (χ3v) is 4.07. The van der Waals surface area contributed by atoms with Gasteiger partial charge in [0.05, 0.1) is 20.3 Å². The molecule has 0 bridgehead atoms. The van der Waals surface area contributed by atoms with Crippen LogP contribution in [0.5, 0.6) is 5.75 Å². The topological polar surface area (TPSA) is 65.9 Å². The molecule has 5 heteroatoms. The molecular formula is C17H27N3O2. The van der Waals surface area contributed by atoms with Gasteiger partial charge >= 0.3 is 0 Å². The number of aliphatic hydroxyl groups excluding tert-OH is 1. The summed E-state index contributed by atoms with van der Waals surface area (Å²) in [7, 11) is 1.68. The Kier molecular flexibility index (Phi) is 6.07. The fourth-order valence-corrected chi connectivity index (χ4v) is 2.25. The summed E-state index contributed by atoms with van der Waals surface area (Å²) in [6.07, 6.45) is 3.09. The van der Waals surface area contributed by atoms with Gasteiger partial charge in [0, 0.05) is 18.5 Å². The maximum absolute atomic E-state index is 9.35. The first-order valence-corrected chi connectivity index (χ1v) is 7.97. The highest BCUT2D eigenvalue weighted by Gasteiger charge is 2.41. The van der Waals surface area contributed by atoms with Crippen molar-refractivity contribution in [1.29, 1.82) is 0 Å². The summed E-state index contributed by atoms with van der Waals surface area (Å²) in [6, 6.07) is 8.12. The lowest BCUT2D eigenvalue weighted by Crippen LogP contribution is -2.38. The highest BCUT2D eigenvalue weighted by Crippen LogP contribution is 2.45. The molecule has 0 unspecified atom stereocenters. The van der Waals surface area contributed by atoms with Crippen molar-refractivity contribution in [3.63, 3.8) is 0 Å². The molecule has 122 valence electrons. The van der Waals surface area contributed by atoms with Crippen LogP contribution in [0, 0.1) is 5.41 Å². The second kappa shape index (κ2) is 8.03. The Balaban J connectivity index is 1.79. The number of nitrogens with zero attached hydrogens (tertiary/aromatic N) is 1. The molecular weight excluding hydrogens is 278 g/mol. The van der Waals surface area contributed by atoms with E-state index < -0.39 is 0 Å². The normalized spacial score (nSPS) is 16.2. The molecule has 0 aromatic heterocycles. The van der Waals surface area contributed by atoms with E-state index in [4.69, 9.17) is 4.74 Å². The predicted molar refractivity (Wildman–Crippen MR) is 89.4 cm³/mol. The minimum Gasteiger partial charge on any atom is -0.497 e. The van der Waals surface area contributed by atoms with E-state index in [1.807, 2.05) is 12.1 Å². The van der Waals surface area contributed by atoms with Crippen molar-refractivity contribution >= 4 is 5.96 Å². The van der Waals surface area contributed by atoms with Gasteiger partial charge in [-0.25, -0.2) is 0 Å². The molecule has 0 aliphatic heterocycles. The van der Waals surface area contributed by atoms with E-state index in [-0.39, 0.29) is 12.0 Å². The molecule has 0 heterocycles. The summed E-state index contributed by atoms with van der Waals surface area (Å²) >= 11 is 0. The van der Waals surface area contributed by atoms with Gasteiger partial charge in [0.25, 0.3) is 0 Å². The number of benzene rings is 1. The van der Waals surface area contributed by atoms with Crippen LogP contribution in [0.3, 0.4) is 0 Å². The number of aliphatic hydroxyl groups is 1. The maximum atomic E-state index is 9.35. The second-order valence-electron chi connectivity index (χ2n) is 5.88. The number of methoxy groups -OCH3 is 1. The molecule has 1 aliphatic rings. The van der Waals surface area contributed by atoms with Crippen LogP contribution < -0.4 is 15.4 Å². The van der Waals surface area contributed by atoms with Gasteiger partial charge in [-0.15, -0.1) is 0 Å². The van der Waals surface area contributed by atoms with Gasteiger partial charge in [-0.05, 0) is 43.9 Å². The molecule has 0 atom stereocenters. The van der Waals surface area contributed by atoms with Gasteiger partial charge < -0.3 is 20.5 Å². The van der Waals surface area contributed by atoms with Crippen LogP contribution in [0.25, 0.3) is 0 Å². The molecule has 0 spiro atoms. The Morgan fingerprint density at radius 3 is 2.55 bits per heavy atom. The highest BCUT2D eigenvalue weighted by molar-refractivity contribution is 5.79. The molecule has 5 nitrogen and oxygen atoms in total. The van der Waals surface area contributed by atoms with E-state index in [1.165, 1.54) is 5.56 Å². The SMILES string of the molecule is CCNC(=NCC1(CO)CC1)NCCc1ccc(OC)cc1. The lowest BCUT2D eigenvalue weighted by atomic mass is 10.1. The van der Waals surface area contributed by atoms with Gasteiger partial charge in [0.2, 0.25) is 0 Å². The van der Waals surface area contributed by atoms with E-state index in [1.54, 1.807) is 7.11 Å². The van der Waals surface area contributed by atoms with E-state index in [2.05, 4.69) is 34.7 Å². The zero-order chi connectivity index (χ0) is 15.8. The molecule has 3 N–H and O–H groups in total. The van der Waals surface area contributed by atoms with Crippen molar-refractivity contribution in [2.45, 2.75) is 26.2 Å². The van der Waals surface area contributed by atoms with Crippen molar-refractivity contribution in [1.82, 2.24) is 10.6 Å². The first-order valence-electron chi connectivity index (χ1n) is 7.97. The molecule has 1 aromatic carbocycles. The molecule has 22 heavy (non-hydrogen) atoms. The molecule has 2 rings (SSSR count). The van der Waals surface area contributed by atoms with Crippen LogP contribution in [0.15, 0.2) is 29.3 Å². The first kappa shape index (κ1) is 16.6. The zero-order valence-corrected chi connectivity index (χ0v) is 13.6. The number of rotatable bonds is 8. The number of aliphatic imine (C=N–C) groups is 1. The third-order valence-electron chi connectivity index (χ3n) is 4.07. The molecule has 1 aromatic rings. The summed E-state index contributed by atoms with van der Waals surface area (Å²) in [5.41, 5.74) is 1.32. The summed E-state index contributed by atoms with van der Waals surface area (Å²) in [6.45, 7) is 4.65.